The Kier molecular flexibility index (Phi) is 5.37. The Bertz CT molecular complexity index is 804. The summed E-state index contributed by atoms with van der Waals surface area (Å²) in [6.45, 7) is 7.32. The topological polar surface area (TPSA) is 40.6 Å². The molecule has 1 fully saturated rings. The van der Waals surface area contributed by atoms with Crippen molar-refractivity contribution >= 4 is 67.3 Å². The third-order valence-electron chi connectivity index (χ3n) is 4.05. The zero-order chi connectivity index (χ0) is 18.3. The average Bonchev–Trinajstić information content (AvgIpc) is 2.96. The minimum atomic E-state index is -0.156. The molecular weight excluding hydrogens is 420 g/mol. The van der Waals surface area contributed by atoms with Crippen LogP contribution in [-0.2, 0) is 9.59 Å². The molecule has 0 aliphatic carbocycles. The van der Waals surface area contributed by atoms with Crippen molar-refractivity contribution in [3.63, 3.8) is 0 Å². The van der Waals surface area contributed by atoms with E-state index in [1.165, 1.54) is 11.8 Å². The second-order valence-corrected chi connectivity index (χ2v) is 9.06. The van der Waals surface area contributed by atoms with Crippen LogP contribution in [-0.4, -0.2) is 34.1 Å². The van der Waals surface area contributed by atoms with Gasteiger partial charge in [0.05, 0.1) is 16.2 Å². The minimum Gasteiger partial charge on any atom is -0.308 e. The van der Waals surface area contributed by atoms with Crippen LogP contribution in [0.1, 0.15) is 32.8 Å². The van der Waals surface area contributed by atoms with Crippen LogP contribution in [0.5, 0.6) is 0 Å². The Labute approximate surface area is 165 Å². The maximum absolute atomic E-state index is 13.1. The van der Waals surface area contributed by atoms with Crippen molar-refractivity contribution in [3.05, 3.63) is 33.1 Å². The second-order valence-electron chi connectivity index (χ2n) is 6.50. The van der Waals surface area contributed by atoms with Crippen LogP contribution in [0.4, 0.5) is 5.69 Å². The predicted octanol–water partition coefficient (Wildman–Crippen LogP) is 4.43. The molecule has 0 spiro atoms. The Morgan fingerprint density at radius 2 is 1.92 bits per heavy atom. The third kappa shape index (κ3) is 3.29. The smallest absolute Gasteiger partial charge is 0.267 e. The normalized spacial score (nSPS) is 20.3. The van der Waals surface area contributed by atoms with Crippen molar-refractivity contribution in [1.29, 1.82) is 0 Å². The largest absolute Gasteiger partial charge is 0.308 e. The number of amides is 2. The molecule has 0 aromatic heterocycles. The summed E-state index contributed by atoms with van der Waals surface area (Å²) >= 11 is 10.1. The molecular formula is C18H19BrN2O2S2. The van der Waals surface area contributed by atoms with Gasteiger partial charge in [0.2, 0.25) is 0 Å². The zero-order valence-electron chi connectivity index (χ0n) is 14.3. The highest BCUT2D eigenvalue weighted by Crippen LogP contribution is 2.45. The molecule has 2 heterocycles. The van der Waals surface area contributed by atoms with Crippen molar-refractivity contribution in [2.45, 2.75) is 27.2 Å². The van der Waals surface area contributed by atoms with Gasteiger partial charge in [0.1, 0.15) is 4.32 Å². The van der Waals surface area contributed by atoms with E-state index in [-0.39, 0.29) is 11.8 Å². The van der Waals surface area contributed by atoms with Crippen molar-refractivity contribution < 1.29 is 9.59 Å². The van der Waals surface area contributed by atoms with Gasteiger partial charge in [-0.15, -0.1) is 0 Å². The van der Waals surface area contributed by atoms with Crippen LogP contribution in [0.25, 0.3) is 5.57 Å². The van der Waals surface area contributed by atoms with Crippen molar-refractivity contribution in [3.8, 4) is 0 Å². The fourth-order valence-electron chi connectivity index (χ4n) is 3.04. The summed E-state index contributed by atoms with van der Waals surface area (Å²) in [4.78, 5) is 29.8. The lowest BCUT2D eigenvalue weighted by Gasteiger charge is -2.16. The summed E-state index contributed by atoms with van der Waals surface area (Å²) in [6, 6.07) is 5.75. The van der Waals surface area contributed by atoms with Gasteiger partial charge in [0.25, 0.3) is 11.8 Å². The highest BCUT2D eigenvalue weighted by molar-refractivity contribution is 9.10. The van der Waals surface area contributed by atoms with Crippen molar-refractivity contribution in [2.75, 3.05) is 18.0 Å². The van der Waals surface area contributed by atoms with E-state index in [4.69, 9.17) is 12.2 Å². The number of hydrogen-bond acceptors (Lipinski definition) is 4. The van der Waals surface area contributed by atoms with Crippen LogP contribution in [0.2, 0.25) is 0 Å². The van der Waals surface area contributed by atoms with Crippen LogP contribution in [0.3, 0.4) is 0 Å². The molecule has 0 unspecified atom stereocenters. The lowest BCUT2D eigenvalue weighted by Crippen LogP contribution is -2.32. The monoisotopic (exact) mass is 438 g/mol. The van der Waals surface area contributed by atoms with Gasteiger partial charge < -0.3 is 4.90 Å². The highest BCUT2D eigenvalue weighted by Gasteiger charge is 2.41. The van der Waals surface area contributed by atoms with Crippen LogP contribution < -0.4 is 4.90 Å². The molecule has 3 rings (SSSR count). The number of thioether (sulfide) groups is 1. The quantitative estimate of drug-likeness (QED) is 0.514. The number of thiocarbonyl (C=S) groups is 1. The summed E-state index contributed by atoms with van der Waals surface area (Å²) in [5, 5.41) is 0. The minimum absolute atomic E-state index is 0.111. The van der Waals surface area contributed by atoms with E-state index in [0.717, 1.165) is 22.1 Å². The summed E-state index contributed by atoms with van der Waals surface area (Å²) in [5.74, 6) is 0.0421. The fourth-order valence-corrected chi connectivity index (χ4v) is 4.75. The first-order valence-electron chi connectivity index (χ1n) is 8.24. The molecule has 25 heavy (non-hydrogen) atoms. The maximum Gasteiger partial charge on any atom is 0.267 e. The molecule has 4 nitrogen and oxygen atoms in total. The third-order valence-corrected chi connectivity index (χ3v) is 5.99. The first-order chi connectivity index (χ1) is 11.8. The molecule has 1 saturated heterocycles. The van der Waals surface area contributed by atoms with E-state index in [9.17, 15) is 9.59 Å². The number of hydrogen-bond donors (Lipinski definition) is 0. The molecule has 1 aromatic rings. The summed E-state index contributed by atoms with van der Waals surface area (Å²) in [7, 11) is 0. The number of nitrogens with zero attached hydrogens (tertiary/aromatic N) is 2. The molecule has 7 heteroatoms. The van der Waals surface area contributed by atoms with E-state index in [0.29, 0.717) is 33.8 Å². The van der Waals surface area contributed by atoms with E-state index in [1.807, 2.05) is 39.0 Å². The molecule has 132 valence electrons. The van der Waals surface area contributed by atoms with Gasteiger partial charge in [0.15, 0.2) is 0 Å². The van der Waals surface area contributed by atoms with Gasteiger partial charge in [-0.2, -0.15) is 0 Å². The zero-order valence-corrected chi connectivity index (χ0v) is 17.6. The number of carbonyl (C=O) groups excluding carboxylic acids is 2. The van der Waals surface area contributed by atoms with Gasteiger partial charge in [0, 0.05) is 23.1 Å². The molecule has 0 bridgehead atoms. The molecule has 1 aromatic carbocycles. The Morgan fingerprint density at radius 1 is 1.20 bits per heavy atom. The summed E-state index contributed by atoms with van der Waals surface area (Å²) < 4.78 is 1.41. The molecule has 2 amide bonds. The van der Waals surface area contributed by atoms with Crippen LogP contribution in [0.15, 0.2) is 27.6 Å². The van der Waals surface area contributed by atoms with Gasteiger partial charge >= 0.3 is 0 Å². The fraction of sp³-hybridized carbons (Fsp3) is 0.389. The standard InChI is InChI=1S/C18H19BrN2O2S2/c1-4-7-20-13-6-5-11(19)8-12(13)14(16(20)22)15-17(23)21(9-10(2)3)18(24)25-15/h5-6,8,10H,4,7,9H2,1-3H3. The van der Waals surface area contributed by atoms with E-state index in [1.54, 1.807) is 9.80 Å². The van der Waals surface area contributed by atoms with E-state index < -0.39 is 0 Å². The summed E-state index contributed by atoms with van der Waals surface area (Å²) in [6.07, 6.45) is 0.850. The Morgan fingerprint density at radius 3 is 2.56 bits per heavy atom. The van der Waals surface area contributed by atoms with Crippen molar-refractivity contribution in [2.24, 2.45) is 5.92 Å². The molecule has 0 radical (unpaired) electrons. The number of fused-ring (bicyclic) bond motifs is 1. The lowest BCUT2D eigenvalue weighted by atomic mass is 10.1. The van der Waals surface area contributed by atoms with Gasteiger partial charge in [-0.05, 0) is 30.5 Å². The predicted molar refractivity (Wildman–Crippen MR) is 110 cm³/mol. The number of carbonyl (C=O) groups is 2. The van der Waals surface area contributed by atoms with Crippen molar-refractivity contribution in [1.82, 2.24) is 4.90 Å². The van der Waals surface area contributed by atoms with Crippen LogP contribution >= 0.6 is 39.9 Å². The highest BCUT2D eigenvalue weighted by atomic mass is 79.9. The second kappa shape index (κ2) is 7.21. The number of rotatable bonds is 4. The Balaban J connectivity index is 2.12. The first kappa shape index (κ1) is 18.6. The maximum atomic E-state index is 13.1. The summed E-state index contributed by atoms with van der Waals surface area (Å²) in [5.41, 5.74) is 2.14. The SMILES string of the molecule is CCCN1C(=O)C(=C2SC(=S)N(CC(C)C)C2=O)c2cc(Br)ccc21. The molecule has 2 aliphatic heterocycles. The van der Waals surface area contributed by atoms with Gasteiger partial charge in [-0.25, -0.2) is 0 Å². The number of halogens is 1. The first-order valence-corrected chi connectivity index (χ1v) is 10.3. The van der Waals surface area contributed by atoms with Crippen LogP contribution in [0, 0.1) is 5.92 Å². The molecule has 0 atom stereocenters. The molecule has 2 aliphatic rings. The average molecular weight is 439 g/mol. The number of benzene rings is 1. The Hall–Kier alpha value is -1.18. The van der Waals surface area contributed by atoms with Gasteiger partial charge in [-0.1, -0.05) is 60.7 Å². The van der Waals surface area contributed by atoms with E-state index >= 15 is 0 Å². The lowest BCUT2D eigenvalue weighted by molar-refractivity contribution is -0.122. The van der Waals surface area contributed by atoms with E-state index in [2.05, 4.69) is 15.9 Å². The number of anilines is 1. The molecule has 0 N–H and O–H groups in total. The molecule has 0 saturated carbocycles. The van der Waals surface area contributed by atoms with Gasteiger partial charge in [-0.3, -0.25) is 14.5 Å².